The van der Waals surface area contributed by atoms with E-state index < -0.39 is 0 Å². The predicted octanol–water partition coefficient (Wildman–Crippen LogP) is 3.85. The van der Waals surface area contributed by atoms with Crippen molar-refractivity contribution in [3.05, 3.63) is 65.4 Å². The van der Waals surface area contributed by atoms with E-state index in [9.17, 15) is 0 Å². The van der Waals surface area contributed by atoms with E-state index in [2.05, 4.69) is 50.9 Å². The topological polar surface area (TPSA) is 72.0 Å². The molecule has 0 aliphatic carbocycles. The lowest BCUT2D eigenvalue weighted by atomic mass is 10.1. The molecule has 0 amide bonds. The van der Waals surface area contributed by atoms with Crippen molar-refractivity contribution in [3.8, 4) is 5.75 Å². The van der Waals surface area contributed by atoms with Gasteiger partial charge in [-0.2, -0.15) is 10.1 Å². The minimum atomic E-state index is 0.457. The van der Waals surface area contributed by atoms with Gasteiger partial charge in [-0.3, -0.25) is 0 Å². The molecule has 25 heavy (non-hydrogen) atoms. The Morgan fingerprint density at radius 2 is 1.92 bits per heavy atom. The Hall–Kier alpha value is -3.15. The van der Waals surface area contributed by atoms with Crippen LogP contribution in [0.1, 0.15) is 16.7 Å². The minimum absolute atomic E-state index is 0.457. The highest BCUT2D eigenvalue weighted by Crippen LogP contribution is 2.21. The van der Waals surface area contributed by atoms with E-state index in [-0.39, 0.29) is 0 Å². The second-order valence-electron chi connectivity index (χ2n) is 5.77. The Morgan fingerprint density at radius 1 is 1.08 bits per heavy atom. The van der Waals surface area contributed by atoms with Gasteiger partial charge in [0, 0.05) is 17.8 Å². The quantitative estimate of drug-likeness (QED) is 0.713. The first-order chi connectivity index (χ1) is 12.2. The van der Waals surface area contributed by atoms with Crippen LogP contribution in [0.15, 0.2) is 48.7 Å². The van der Waals surface area contributed by atoms with E-state index >= 15 is 0 Å². The van der Waals surface area contributed by atoms with E-state index in [1.54, 1.807) is 13.3 Å². The zero-order valence-corrected chi connectivity index (χ0v) is 14.6. The third kappa shape index (κ3) is 4.23. The maximum Gasteiger partial charge on any atom is 0.249 e. The summed E-state index contributed by atoms with van der Waals surface area (Å²) in [7, 11) is 1.66. The summed E-state index contributed by atoms with van der Waals surface area (Å²) in [6, 6.07) is 14.1. The van der Waals surface area contributed by atoms with E-state index in [0.29, 0.717) is 18.3 Å². The second-order valence-corrected chi connectivity index (χ2v) is 5.77. The first-order valence-electron chi connectivity index (χ1n) is 8.05. The first kappa shape index (κ1) is 16.7. The van der Waals surface area contributed by atoms with Gasteiger partial charge in [-0.1, -0.05) is 30.3 Å². The molecule has 1 heterocycles. The molecule has 0 spiro atoms. The maximum absolute atomic E-state index is 5.36. The molecule has 0 fully saturated rings. The number of anilines is 3. The van der Waals surface area contributed by atoms with Gasteiger partial charge in [-0.05, 0) is 37.1 Å². The van der Waals surface area contributed by atoms with Crippen molar-refractivity contribution in [2.24, 2.45) is 0 Å². The van der Waals surface area contributed by atoms with Gasteiger partial charge >= 0.3 is 0 Å². The number of methoxy groups -OCH3 is 1. The smallest absolute Gasteiger partial charge is 0.249 e. The SMILES string of the molecule is COc1ccccc1CNc1cnnc(Nc2cc(C)ccc2C)n1. The van der Waals surface area contributed by atoms with Gasteiger partial charge in [0.2, 0.25) is 5.95 Å². The molecule has 6 nitrogen and oxygen atoms in total. The lowest BCUT2D eigenvalue weighted by Crippen LogP contribution is -2.07. The molecule has 2 aromatic carbocycles. The second kappa shape index (κ2) is 7.61. The number of ether oxygens (including phenoxy) is 1. The summed E-state index contributed by atoms with van der Waals surface area (Å²) in [5, 5.41) is 14.6. The lowest BCUT2D eigenvalue weighted by molar-refractivity contribution is 0.410. The Morgan fingerprint density at radius 3 is 2.76 bits per heavy atom. The summed E-state index contributed by atoms with van der Waals surface area (Å²) in [6.45, 7) is 4.68. The number of aryl methyl sites for hydroxylation is 2. The van der Waals surface area contributed by atoms with Crippen molar-refractivity contribution in [1.29, 1.82) is 0 Å². The zero-order valence-electron chi connectivity index (χ0n) is 14.6. The minimum Gasteiger partial charge on any atom is -0.496 e. The van der Waals surface area contributed by atoms with E-state index in [4.69, 9.17) is 4.74 Å². The van der Waals surface area contributed by atoms with Crippen LogP contribution in [0, 0.1) is 13.8 Å². The van der Waals surface area contributed by atoms with Crippen molar-refractivity contribution in [2.45, 2.75) is 20.4 Å². The van der Waals surface area contributed by atoms with Crippen LogP contribution in [-0.2, 0) is 6.54 Å². The Labute approximate surface area is 147 Å². The van der Waals surface area contributed by atoms with Gasteiger partial charge in [0.15, 0.2) is 5.82 Å². The highest BCUT2D eigenvalue weighted by molar-refractivity contribution is 5.59. The summed E-state index contributed by atoms with van der Waals surface area (Å²) < 4.78 is 5.36. The van der Waals surface area contributed by atoms with Gasteiger partial charge < -0.3 is 15.4 Å². The third-order valence-electron chi connectivity index (χ3n) is 3.85. The van der Waals surface area contributed by atoms with Gasteiger partial charge in [0.25, 0.3) is 0 Å². The van der Waals surface area contributed by atoms with Crippen LogP contribution in [0.2, 0.25) is 0 Å². The largest absolute Gasteiger partial charge is 0.496 e. The van der Waals surface area contributed by atoms with Gasteiger partial charge in [0.1, 0.15) is 5.75 Å². The van der Waals surface area contributed by atoms with Crippen molar-refractivity contribution in [3.63, 3.8) is 0 Å². The molecule has 3 rings (SSSR count). The monoisotopic (exact) mass is 335 g/mol. The molecule has 0 bridgehead atoms. The van der Waals surface area contributed by atoms with Gasteiger partial charge in [0.05, 0.1) is 13.3 Å². The fraction of sp³-hybridized carbons (Fsp3) is 0.211. The number of aromatic nitrogens is 3. The number of nitrogens with zero attached hydrogens (tertiary/aromatic N) is 3. The third-order valence-corrected chi connectivity index (χ3v) is 3.85. The molecule has 0 saturated carbocycles. The average molecular weight is 335 g/mol. The Kier molecular flexibility index (Phi) is 5.09. The Balaban J connectivity index is 1.72. The predicted molar refractivity (Wildman–Crippen MR) is 99.3 cm³/mol. The van der Waals surface area contributed by atoms with Crippen LogP contribution in [0.5, 0.6) is 5.75 Å². The molecular formula is C19H21N5O. The summed E-state index contributed by atoms with van der Waals surface area (Å²) in [4.78, 5) is 4.47. The Bertz CT molecular complexity index is 866. The standard InChI is InChI=1S/C19H21N5O/c1-13-8-9-14(2)16(10-13)22-19-23-18(12-21-24-19)20-11-15-6-4-5-7-17(15)25-3/h4-10,12H,11H2,1-3H3,(H2,20,22,23,24). The molecule has 0 aliphatic rings. The molecule has 1 aromatic heterocycles. The number of para-hydroxylation sites is 1. The molecule has 2 N–H and O–H groups in total. The highest BCUT2D eigenvalue weighted by Gasteiger charge is 2.06. The van der Waals surface area contributed by atoms with Crippen LogP contribution in [0.25, 0.3) is 0 Å². The summed E-state index contributed by atoms with van der Waals surface area (Å²) in [6.07, 6.45) is 1.60. The van der Waals surface area contributed by atoms with E-state index in [1.807, 2.05) is 31.2 Å². The number of rotatable bonds is 6. The van der Waals surface area contributed by atoms with Crippen LogP contribution in [0.3, 0.4) is 0 Å². The van der Waals surface area contributed by atoms with Crippen LogP contribution in [-0.4, -0.2) is 22.3 Å². The average Bonchev–Trinajstić information content (AvgIpc) is 2.63. The van der Waals surface area contributed by atoms with Crippen molar-refractivity contribution < 1.29 is 4.74 Å². The normalized spacial score (nSPS) is 10.4. The summed E-state index contributed by atoms with van der Waals surface area (Å²) >= 11 is 0. The molecule has 0 radical (unpaired) electrons. The molecule has 128 valence electrons. The van der Waals surface area contributed by atoms with Crippen LogP contribution >= 0.6 is 0 Å². The van der Waals surface area contributed by atoms with Crippen molar-refractivity contribution in [2.75, 3.05) is 17.7 Å². The molecule has 0 atom stereocenters. The molecular weight excluding hydrogens is 314 g/mol. The number of hydrogen-bond acceptors (Lipinski definition) is 6. The number of hydrogen-bond donors (Lipinski definition) is 2. The van der Waals surface area contributed by atoms with E-state index in [0.717, 1.165) is 22.6 Å². The summed E-state index contributed by atoms with van der Waals surface area (Å²) in [5.41, 5.74) is 4.32. The summed E-state index contributed by atoms with van der Waals surface area (Å²) in [5.74, 6) is 1.94. The zero-order chi connectivity index (χ0) is 17.6. The van der Waals surface area contributed by atoms with Crippen molar-refractivity contribution in [1.82, 2.24) is 15.2 Å². The fourth-order valence-corrected chi connectivity index (χ4v) is 2.47. The highest BCUT2D eigenvalue weighted by atomic mass is 16.5. The first-order valence-corrected chi connectivity index (χ1v) is 8.05. The maximum atomic E-state index is 5.36. The molecule has 0 unspecified atom stereocenters. The lowest BCUT2D eigenvalue weighted by Gasteiger charge is -2.11. The van der Waals surface area contributed by atoms with Gasteiger partial charge in [-0.25, -0.2) is 0 Å². The van der Waals surface area contributed by atoms with Crippen LogP contribution in [0.4, 0.5) is 17.5 Å². The number of nitrogens with one attached hydrogen (secondary N) is 2. The van der Waals surface area contributed by atoms with E-state index in [1.165, 1.54) is 5.56 Å². The van der Waals surface area contributed by atoms with Gasteiger partial charge in [-0.15, -0.1) is 5.10 Å². The van der Waals surface area contributed by atoms with Crippen LogP contribution < -0.4 is 15.4 Å². The fourth-order valence-electron chi connectivity index (χ4n) is 2.47. The van der Waals surface area contributed by atoms with Crippen molar-refractivity contribution >= 4 is 17.5 Å². The number of benzene rings is 2. The molecule has 3 aromatic rings. The molecule has 0 saturated heterocycles. The molecule has 0 aliphatic heterocycles. The molecule has 6 heteroatoms.